The van der Waals surface area contributed by atoms with E-state index in [1.807, 2.05) is 29.6 Å². The number of carbonyl (C=O) groups is 1. The maximum absolute atomic E-state index is 12.9. The third-order valence-electron chi connectivity index (χ3n) is 4.38. The molecule has 4 heterocycles. The van der Waals surface area contributed by atoms with Gasteiger partial charge in [-0.1, -0.05) is 17.3 Å². The van der Waals surface area contributed by atoms with Crippen molar-refractivity contribution in [2.24, 2.45) is 0 Å². The zero-order valence-electron chi connectivity index (χ0n) is 14.2. The van der Waals surface area contributed by atoms with E-state index < -0.39 is 0 Å². The van der Waals surface area contributed by atoms with Crippen molar-refractivity contribution in [2.75, 3.05) is 13.1 Å². The first-order valence-corrected chi connectivity index (χ1v) is 9.47. The molecule has 0 bridgehead atoms. The lowest BCUT2D eigenvalue weighted by atomic mass is 10.1. The van der Waals surface area contributed by atoms with E-state index in [1.54, 1.807) is 12.4 Å². The van der Waals surface area contributed by atoms with Crippen LogP contribution in [0, 0.1) is 0 Å². The molecule has 1 saturated heterocycles. The molecule has 1 amide bonds. The Morgan fingerprint density at radius 1 is 1.31 bits per heavy atom. The molecule has 0 saturated carbocycles. The first kappa shape index (κ1) is 16.9. The Hall–Kier alpha value is -2.58. The van der Waals surface area contributed by atoms with Crippen LogP contribution in [0.4, 0.5) is 0 Å². The zero-order chi connectivity index (χ0) is 17.8. The van der Waals surface area contributed by atoms with E-state index >= 15 is 0 Å². The first-order chi connectivity index (χ1) is 12.8. The van der Waals surface area contributed by atoms with Crippen molar-refractivity contribution in [1.82, 2.24) is 25.3 Å². The number of likely N-dealkylation sites (tertiary alicyclic amines) is 1. The molecule has 4 rings (SSSR count). The van der Waals surface area contributed by atoms with Gasteiger partial charge in [-0.05, 0) is 49.0 Å². The van der Waals surface area contributed by atoms with E-state index in [0.717, 1.165) is 36.4 Å². The quantitative estimate of drug-likeness (QED) is 0.719. The molecule has 0 spiro atoms. The highest BCUT2D eigenvalue weighted by Gasteiger charge is 2.29. The van der Waals surface area contributed by atoms with Gasteiger partial charge in [-0.2, -0.15) is 4.98 Å². The predicted molar refractivity (Wildman–Crippen MR) is 97.2 cm³/mol. The fraction of sp³-hybridized carbons (Fsp3) is 0.333. The minimum atomic E-state index is -0.338. The first-order valence-electron chi connectivity index (χ1n) is 8.59. The van der Waals surface area contributed by atoms with Crippen LogP contribution < -0.4 is 5.32 Å². The van der Waals surface area contributed by atoms with Crippen LogP contribution in [0.5, 0.6) is 0 Å². The second-order valence-electron chi connectivity index (χ2n) is 6.14. The molecule has 0 aromatic carbocycles. The van der Waals surface area contributed by atoms with Gasteiger partial charge >= 0.3 is 0 Å². The summed E-state index contributed by atoms with van der Waals surface area (Å²) in [6.45, 7) is 2.06. The van der Waals surface area contributed by atoms with Crippen LogP contribution in [0.1, 0.15) is 30.3 Å². The summed E-state index contributed by atoms with van der Waals surface area (Å²) in [5, 5.41) is 8.85. The van der Waals surface area contributed by atoms with Crippen molar-refractivity contribution >= 4 is 17.2 Å². The number of hydrogen-bond acceptors (Lipinski definition) is 7. The number of carbonyl (C=O) groups excluding carboxylic acids is 1. The van der Waals surface area contributed by atoms with Gasteiger partial charge in [-0.15, -0.1) is 11.3 Å². The molecule has 0 radical (unpaired) electrons. The highest BCUT2D eigenvalue weighted by Crippen LogP contribution is 2.25. The number of nitrogens with zero attached hydrogens (tertiary/aromatic N) is 4. The van der Waals surface area contributed by atoms with Crippen LogP contribution in [0.25, 0.3) is 10.8 Å². The predicted octanol–water partition coefficient (Wildman–Crippen LogP) is 2.65. The average molecular weight is 369 g/mol. The van der Waals surface area contributed by atoms with Gasteiger partial charge in [-0.25, -0.2) is 0 Å². The lowest BCUT2D eigenvalue weighted by Gasteiger charge is -2.26. The van der Waals surface area contributed by atoms with Gasteiger partial charge in [-0.3, -0.25) is 14.7 Å². The fourth-order valence-electron chi connectivity index (χ4n) is 3.15. The topological polar surface area (TPSA) is 84.2 Å². The van der Waals surface area contributed by atoms with Crippen molar-refractivity contribution < 1.29 is 9.32 Å². The number of aromatic nitrogens is 3. The molecule has 26 heavy (non-hydrogen) atoms. The lowest BCUT2D eigenvalue weighted by molar-refractivity contribution is -0.126. The summed E-state index contributed by atoms with van der Waals surface area (Å²) >= 11 is 1.54. The molecule has 1 aliphatic rings. The molecular weight excluding hydrogens is 350 g/mol. The summed E-state index contributed by atoms with van der Waals surface area (Å²) in [5.74, 6) is 0.878. The zero-order valence-corrected chi connectivity index (χ0v) is 15.0. The van der Waals surface area contributed by atoms with Crippen molar-refractivity contribution in [3.05, 3.63) is 53.4 Å². The van der Waals surface area contributed by atoms with Crippen LogP contribution in [-0.4, -0.2) is 39.0 Å². The second-order valence-corrected chi connectivity index (χ2v) is 7.09. The monoisotopic (exact) mass is 369 g/mol. The Labute approximate surface area is 155 Å². The summed E-state index contributed by atoms with van der Waals surface area (Å²) in [6, 6.07) is 7.32. The van der Waals surface area contributed by atoms with Crippen LogP contribution in [0.3, 0.4) is 0 Å². The molecule has 7 nitrogen and oxygen atoms in total. The summed E-state index contributed by atoms with van der Waals surface area (Å²) in [5.41, 5.74) is 0.902. The van der Waals surface area contributed by atoms with Crippen LogP contribution in [-0.2, 0) is 11.3 Å². The van der Waals surface area contributed by atoms with Gasteiger partial charge in [0, 0.05) is 12.4 Å². The molecule has 1 N–H and O–H groups in total. The molecule has 134 valence electrons. The summed E-state index contributed by atoms with van der Waals surface area (Å²) in [6.07, 6.45) is 5.69. The highest BCUT2D eigenvalue weighted by atomic mass is 32.1. The maximum atomic E-state index is 12.9. The van der Waals surface area contributed by atoms with E-state index in [0.29, 0.717) is 11.7 Å². The Kier molecular flexibility index (Phi) is 5.03. The molecular formula is C18H19N5O2S. The van der Waals surface area contributed by atoms with Gasteiger partial charge in [0.2, 0.25) is 5.91 Å². The van der Waals surface area contributed by atoms with Gasteiger partial charge in [0.05, 0.1) is 11.4 Å². The summed E-state index contributed by atoms with van der Waals surface area (Å²) in [7, 11) is 0. The van der Waals surface area contributed by atoms with Crippen molar-refractivity contribution in [3.8, 4) is 10.8 Å². The van der Waals surface area contributed by atoms with E-state index in [-0.39, 0.29) is 18.5 Å². The number of nitrogens with one attached hydrogen (secondary N) is 1. The average Bonchev–Trinajstić information content (AvgIpc) is 3.42. The van der Waals surface area contributed by atoms with Gasteiger partial charge in [0.1, 0.15) is 6.04 Å². The van der Waals surface area contributed by atoms with Crippen molar-refractivity contribution in [3.63, 3.8) is 0 Å². The van der Waals surface area contributed by atoms with Crippen LogP contribution in [0.2, 0.25) is 0 Å². The van der Waals surface area contributed by atoms with E-state index in [2.05, 4.69) is 25.3 Å². The van der Waals surface area contributed by atoms with Gasteiger partial charge < -0.3 is 9.84 Å². The second kappa shape index (κ2) is 7.76. The Morgan fingerprint density at radius 3 is 2.92 bits per heavy atom. The maximum Gasteiger partial charge on any atom is 0.268 e. The van der Waals surface area contributed by atoms with Crippen LogP contribution >= 0.6 is 11.3 Å². The molecule has 8 heteroatoms. The number of hydrogen-bond donors (Lipinski definition) is 1. The Morgan fingerprint density at radius 2 is 2.19 bits per heavy atom. The fourth-order valence-corrected chi connectivity index (χ4v) is 3.80. The van der Waals surface area contributed by atoms with Crippen molar-refractivity contribution in [2.45, 2.75) is 25.4 Å². The number of thiophene rings is 1. The molecule has 1 aliphatic heterocycles. The standard InChI is InChI=1S/C18H19N5O2S/c24-17(16(23-8-1-2-9-23)13-5-3-7-19-11-13)20-12-15-21-18(25-22-15)14-6-4-10-26-14/h3-7,10-11,16H,1-2,8-9,12H2,(H,20,24). The van der Waals surface area contributed by atoms with Crippen molar-refractivity contribution in [1.29, 1.82) is 0 Å². The van der Waals surface area contributed by atoms with Gasteiger partial charge in [0.25, 0.3) is 5.89 Å². The summed E-state index contributed by atoms with van der Waals surface area (Å²) < 4.78 is 5.26. The van der Waals surface area contributed by atoms with E-state index in [9.17, 15) is 4.79 Å². The molecule has 3 aromatic heterocycles. The van der Waals surface area contributed by atoms with E-state index in [1.165, 1.54) is 11.3 Å². The molecule has 1 unspecified atom stereocenters. The molecule has 0 aliphatic carbocycles. The minimum Gasteiger partial charge on any atom is -0.347 e. The largest absolute Gasteiger partial charge is 0.347 e. The minimum absolute atomic E-state index is 0.0672. The summed E-state index contributed by atoms with van der Waals surface area (Å²) in [4.78, 5) is 24.5. The molecule has 1 fully saturated rings. The smallest absolute Gasteiger partial charge is 0.268 e. The molecule has 1 atom stereocenters. The number of amides is 1. The highest BCUT2D eigenvalue weighted by molar-refractivity contribution is 7.13. The number of pyridine rings is 1. The lowest BCUT2D eigenvalue weighted by Crippen LogP contribution is -2.39. The van der Waals surface area contributed by atoms with Gasteiger partial charge in [0.15, 0.2) is 5.82 Å². The molecule has 3 aromatic rings. The van der Waals surface area contributed by atoms with E-state index in [4.69, 9.17) is 4.52 Å². The third-order valence-corrected chi connectivity index (χ3v) is 5.23. The normalized spacial score (nSPS) is 15.8. The number of rotatable bonds is 6. The third kappa shape index (κ3) is 3.66. The SMILES string of the molecule is O=C(NCc1noc(-c2cccs2)n1)C(c1cccnc1)N1CCCC1. The Balaban J connectivity index is 1.45. The Bertz CT molecular complexity index is 844. The van der Waals surface area contributed by atoms with Crippen LogP contribution in [0.15, 0.2) is 46.6 Å².